The van der Waals surface area contributed by atoms with Crippen LogP contribution in [0.25, 0.3) is 11.2 Å². The number of hydrogen-bond acceptors (Lipinski definition) is 9. The van der Waals surface area contributed by atoms with Crippen LogP contribution in [0.15, 0.2) is 30.9 Å². The molecule has 0 spiro atoms. The van der Waals surface area contributed by atoms with Gasteiger partial charge in [0.05, 0.1) is 12.9 Å². The van der Waals surface area contributed by atoms with Gasteiger partial charge in [-0.05, 0) is 24.1 Å². The van der Waals surface area contributed by atoms with Gasteiger partial charge in [-0.1, -0.05) is 23.7 Å². The van der Waals surface area contributed by atoms with Crippen molar-refractivity contribution in [1.29, 1.82) is 0 Å². The number of rotatable bonds is 7. The van der Waals surface area contributed by atoms with Crippen molar-refractivity contribution in [2.24, 2.45) is 0 Å². The Labute approximate surface area is 187 Å². The first-order valence-corrected chi connectivity index (χ1v) is 11.4. The van der Waals surface area contributed by atoms with Gasteiger partial charge in [-0.15, -0.1) is 0 Å². The van der Waals surface area contributed by atoms with E-state index < -0.39 is 39.0 Å². The SMILES string of the molecule is Cc1ccc(CNc2ncnc3c2ncn3[C@@H]2O[C@H](COP(=O)(O)O)[C@@H](O)[C@H]2O)cc1Cl. The molecule has 0 radical (unpaired) electrons. The third kappa shape index (κ3) is 4.77. The number of halogens is 1. The number of benzene rings is 1. The van der Waals surface area contributed by atoms with Gasteiger partial charge in [0.1, 0.15) is 24.6 Å². The minimum Gasteiger partial charge on any atom is -0.387 e. The van der Waals surface area contributed by atoms with Gasteiger partial charge in [-0.2, -0.15) is 0 Å². The molecule has 0 saturated carbocycles. The van der Waals surface area contributed by atoms with Crippen LogP contribution in [0.3, 0.4) is 0 Å². The van der Waals surface area contributed by atoms with Gasteiger partial charge in [0.25, 0.3) is 0 Å². The van der Waals surface area contributed by atoms with E-state index in [0.29, 0.717) is 28.5 Å². The van der Waals surface area contributed by atoms with Crippen LogP contribution in [0.2, 0.25) is 5.02 Å². The first-order chi connectivity index (χ1) is 15.1. The first kappa shape index (κ1) is 23.0. The van der Waals surface area contributed by atoms with Crippen molar-refractivity contribution in [3.05, 3.63) is 47.0 Å². The zero-order valence-corrected chi connectivity index (χ0v) is 18.4. The molecule has 14 heteroatoms. The van der Waals surface area contributed by atoms with E-state index in [-0.39, 0.29) is 0 Å². The van der Waals surface area contributed by atoms with Crippen molar-refractivity contribution in [1.82, 2.24) is 19.5 Å². The molecule has 1 saturated heterocycles. The number of imidazole rings is 1. The molecule has 4 atom stereocenters. The number of aryl methyl sites for hydroxylation is 1. The summed E-state index contributed by atoms with van der Waals surface area (Å²) in [5.41, 5.74) is 2.65. The predicted octanol–water partition coefficient (Wildman–Crippen LogP) is 1.13. The van der Waals surface area contributed by atoms with Gasteiger partial charge >= 0.3 is 7.82 Å². The van der Waals surface area contributed by atoms with Crippen LogP contribution >= 0.6 is 19.4 Å². The van der Waals surface area contributed by atoms with Gasteiger partial charge in [0.15, 0.2) is 23.2 Å². The molecular weight excluding hydrogens is 465 g/mol. The molecule has 32 heavy (non-hydrogen) atoms. The summed E-state index contributed by atoms with van der Waals surface area (Å²) in [6, 6.07) is 5.71. The molecule has 0 amide bonds. The molecule has 12 nitrogen and oxygen atoms in total. The highest BCUT2D eigenvalue weighted by molar-refractivity contribution is 7.46. The third-order valence-electron chi connectivity index (χ3n) is 5.07. The van der Waals surface area contributed by atoms with Crippen LogP contribution in [0.4, 0.5) is 5.82 Å². The summed E-state index contributed by atoms with van der Waals surface area (Å²) >= 11 is 6.17. The molecule has 4 rings (SSSR count). The quantitative estimate of drug-likeness (QED) is 0.303. The molecule has 3 aromatic rings. The van der Waals surface area contributed by atoms with Crippen molar-refractivity contribution in [3.63, 3.8) is 0 Å². The number of aliphatic hydroxyl groups is 2. The zero-order valence-electron chi connectivity index (χ0n) is 16.7. The van der Waals surface area contributed by atoms with E-state index in [9.17, 15) is 14.8 Å². The lowest BCUT2D eigenvalue weighted by molar-refractivity contribution is -0.0504. The zero-order chi connectivity index (χ0) is 23.0. The van der Waals surface area contributed by atoms with E-state index >= 15 is 0 Å². The van der Waals surface area contributed by atoms with E-state index in [1.54, 1.807) is 0 Å². The monoisotopic (exact) mass is 485 g/mol. The van der Waals surface area contributed by atoms with Crippen LogP contribution in [-0.2, 0) is 20.4 Å². The molecule has 0 aliphatic carbocycles. The summed E-state index contributed by atoms with van der Waals surface area (Å²) in [4.78, 5) is 30.4. The number of nitrogens with one attached hydrogen (secondary N) is 1. The minimum absolute atomic E-state index is 0.331. The number of hydrogen-bond donors (Lipinski definition) is 5. The molecule has 172 valence electrons. The maximum absolute atomic E-state index is 10.9. The lowest BCUT2D eigenvalue weighted by Crippen LogP contribution is -2.33. The summed E-state index contributed by atoms with van der Waals surface area (Å²) in [5, 5.41) is 24.5. The van der Waals surface area contributed by atoms with Crippen LogP contribution in [0.5, 0.6) is 0 Å². The molecule has 2 aromatic heterocycles. The van der Waals surface area contributed by atoms with E-state index in [1.165, 1.54) is 17.2 Å². The van der Waals surface area contributed by atoms with Gasteiger partial charge in [-0.3, -0.25) is 9.09 Å². The lowest BCUT2D eigenvalue weighted by atomic mass is 10.1. The topological polar surface area (TPSA) is 172 Å². The summed E-state index contributed by atoms with van der Waals surface area (Å²) in [5.74, 6) is 0.444. The Kier molecular flexibility index (Phi) is 6.48. The number of anilines is 1. The Morgan fingerprint density at radius 1 is 1.25 bits per heavy atom. The van der Waals surface area contributed by atoms with Crippen LogP contribution in [0, 0.1) is 6.92 Å². The summed E-state index contributed by atoms with van der Waals surface area (Å²) in [6.45, 7) is 1.74. The van der Waals surface area contributed by atoms with Crippen molar-refractivity contribution < 1.29 is 33.8 Å². The Morgan fingerprint density at radius 3 is 2.75 bits per heavy atom. The van der Waals surface area contributed by atoms with E-state index in [0.717, 1.165) is 11.1 Å². The molecular formula is C18H21ClN5O7P. The van der Waals surface area contributed by atoms with Gasteiger partial charge < -0.3 is 30.1 Å². The molecule has 0 unspecified atom stereocenters. The van der Waals surface area contributed by atoms with Crippen LogP contribution in [0.1, 0.15) is 17.4 Å². The van der Waals surface area contributed by atoms with Gasteiger partial charge in [0, 0.05) is 11.6 Å². The number of phosphoric acid groups is 1. The fourth-order valence-corrected chi connectivity index (χ4v) is 3.91. The molecule has 1 aliphatic rings. The Hall–Kier alpha value is -2.15. The third-order valence-corrected chi connectivity index (χ3v) is 5.97. The highest BCUT2D eigenvalue weighted by Gasteiger charge is 2.45. The summed E-state index contributed by atoms with van der Waals surface area (Å²) < 4.78 is 22.3. The van der Waals surface area contributed by atoms with E-state index in [4.69, 9.17) is 26.1 Å². The lowest BCUT2D eigenvalue weighted by Gasteiger charge is -2.16. The van der Waals surface area contributed by atoms with Gasteiger partial charge in [0.2, 0.25) is 0 Å². The van der Waals surface area contributed by atoms with E-state index in [2.05, 4.69) is 24.8 Å². The summed E-state index contributed by atoms with van der Waals surface area (Å²) in [7, 11) is -4.76. The van der Waals surface area contributed by atoms with Crippen molar-refractivity contribution in [3.8, 4) is 0 Å². The number of phosphoric ester groups is 1. The van der Waals surface area contributed by atoms with Crippen molar-refractivity contribution >= 4 is 36.4 Å². The van der Waals surface area contributed by atoms with Crippen LogP contribution < -0.4 is 5.32 Å². The fourth-order valence-electron chi connectivity index (χ4n) is 3.37. The molecule has 0 bridgehead atoms. The smallest absolute Gasteiger partial charge is 0.387 e. The normalized spacial score (nSPS) is 23.7. The summed E-state index contributed by atoms with van der Waals surface area (Å²) in [6.07, 6.45) is -2.41. The standard InChI is InChI=1S/C18H21ClN5O7P/c1-9-2-3-10(4-11(9)19)5-20-16-13-17(22-7-21-16)24(8-23-13)18-15(26)14(25)12(31-18)6-30-32(27,28)29/h2-4,7-8,12,14-15,18,25-26H,5-6H2,1H3,(H,20,21,22)(H2,27,28,29)/t12-,14-,15-,18-/m1/s1. The molecule has 5 N–H and O–H groups in total. The van der Waals surface area contributed by atoms with Gasteiger partial charge in [-0.25, -0.2) is 19.5 Å². The first-order valence-electron chi connectivity index (χ1n) is 9.52. The Balaban J connectivity index is 1.53. The predicted molar refractivity (Wildman–Crippen MR) is 113 cm³/mol. The molecule has 3 heterocycles. The second kappa shape index (κ2) is 9.00. The van der Waals surface area contributed by atoms with Crippen LogP contribution in [-0.4, -0.2) is 64.4 Å². The average Bonchev–Trinajstić information content (AvgIpc) is 3.29. The molecule has 1 aliphatic heterocycles. The highest BCUT2D eigenvalue weighted by Crippen LogP contribution is 2.39. The number of ether oxygens (including phenoxy) is 1. The maximum atomic E-state index is 10.9. The number of nitrogens with zero attached hydrogens (tertiary/aromatic N) is 4. The minimum atomic E-state index is -4.76. The fraction of sp³-hybridized carbons (Fsp3) is 0.389. The van der Waals surface area contributed by atoms with E-state index in [1.807, 2.05) is 25.1 Å². The second-order valence-electron chi connectivity index (χ2n) is 7.32. The molecule has 1 fully saturated rings. The number of aliphatic hydroxyl groups excluding tert-OH is 2. The van der Waals surface area contributed by atoms with Crippen molar-refractivity contribution in [2.45, 2.75) is 38.0 Å². The Morgan fingerprint density at radius 2 is 2.03 bits per heavy atom. The number of aromatic nitrogens is 4. The molecule has 1 aromatic carbocycles. The Bertz CT molecular complexity index is 1170. The average molecular weight is 486 g/mol. The number of fused-ring (bicyclic) bond motifs is 1. The second-order valence-corrected chi connectivity index (χ2v) is 8.96. The van der Waals surface area contributed by atoms with Crippen molar-refractivity contribution in [2.75, 3.05) is 11.9 Å². The largest absolute Gasteiger partial charge is 0.469 e. The maximum Gasteiger partial charge on any atom is 0.469 e. The highest BCUT2D eigenvalue weighted by atomic mass is 35.5.